The van der Waals surface area contributed by atoms with E-state index in [4.69, 9.17) is 0 Å². The van der Waals surface area contributed by atoms with Gasteiger partial charge in [0.05, 0.1) is 5.56 Å². The molecule has 3 heteroatoms. The smallest absolute Gasteiger partial charge is 0.253 e. The van der Waals surface area contributed by atoms with Gasteiger partial charge in [0.25, 0.3) is 5.91 Å². The van der Waals surface area contributed by atoms with Crippen molar-refractivity contribution in [2.45, 2.75) is 52.0 Å². The molecule has 0 bridgehead atoms. The predicted molar refractivity (Wildman–Crippen MR) is 84.2 cm³/mol. The first-order chi connectivity index (χ1) is 9.63. The molecule has 1 aliphatic carbocycles. The molecule has 0 radical (unpaired) electrons. The Balaban J connectivity index is 1.98. The SMILES string of the molecule is CCC1CCC(NC(=O)c2ccc(C)cc2NC)CC1. The highest BCUT2D eigenvalue weighted by atomic mass is 16.1. The van der Waals surface area contributed by atoms with Gasteiger partial charge in [-0.1, -0.05) is 19.4 Å². The molecule has 0 spiro atoms. The number of hydrogen-bond acceptors (Lipinski definition) is 2. The molecule has 1 saturated carbocycles. The van der Waals surface area contributed by atoms with Crippen molar-refractivity contribution < 1.29 is 4.79 Å². The number of nitrogens with one attached hydrogen (secondary N) is 2. The van der Waals surface area contributed by atoms with Gasteiger partial charge in [-0.25, -0.2) is 0 Å². The van der Waals surface area contributed by atoms with Crippen LogP contribution in [0.1, 0.15) is 54.9 Å². The molecule has 1 aliphatic rings. The monoisotopic (exact) mass is 274 g/mol. The fourth-order valence-corrected chi connectivity index (χ4v) is 3.04. The summed E-state index contributed by atoms with van der Waals surface area (Å²) in [7, 11) is 1.86. The molecule has 1 aromatic carbocycles. The molecule has 1 amide bonds. The van der Waals surface area contributed by atoms with Crippen molar-refractivity contribution in [3.05, 3.63) is 29.3 Å². The average molecular weight is 274 g/mol. The molecule has 2 N–H and O–H groups in total. The maximum Gasteiger partial charge on any atom is 0.253 e. The topological polar surface area (TPSA) is 41.1 Å². The number of carbonyl (C=O) groups is 1. The van der Waals surface area contributed by atoms with Crippen LogP contribution < -0.4 is 10.6 Å². The fourth-order valence-electron chi connectivity index (χ4n) is 3.04. The molecule has 0 saturated heterocycles. The Hall–Kier alpha value is -1.51. The van der Waals surface area contributed by atoms with Gasteiger partial charge in [-0.3, -0.25) is 4.79 Å². The van der Waals surface area contributed by atoms with E-state index in [-0.39, 0.29) is 5.91 Å². The van der Waals surface area contributed by atoms with Crippen molar-refractivity contribution in [3.63, 3.8) is 0 Å². The van der Waals surface area contributed by atoms with Gasteiger partial charge < -0.3 is 10.6 Å². The van der Waals surface area contributed by atoms with Gasteiger partial charge in [-0.05, 0) is 56.2 Å². The first kappa shape index (κ1) is 14.9. The van der Waals surface area contributed by atoms with Crippen LogP contribution in [0, 0.1) is 12.8 Å². The van der Waals surface area contributed by atoms with E-state index in [1.165, 1.54) is 19.3 Å². The zero-order chi connectivity index (χ0) is 14.5. The minimum Gasteiger partial charge on any atom is -0.387 e. The minimum atomic E-state index is 0.0503. The number of amides is 1. The van der Waals surface area contributed by atoms with E-state index in [1.807, 2.05) is 32.2 Å². The Morgan fingerprint density at radius 2 is 1.95 bits per heavy atom. The van der Waals surface area contributed by atoms with Crippen LogP contribution in [0.2, 0.25) is 0 Å². The van der Waals surface area contributed by atoms with Crippen molar-refractivity contribution >= 4 is 11.6 Å². The number of aryl methyl sites for hydroxylation is 1. The summed E-state index contributed by atoms with van der Waals surface area (Å²) in [5.74, 6) is 0.907. The van der Waals surface area contributed by atoms with Gasteiger partial charge >= 0.3 is 0 Å². The van der Waals surface area contributed by atoms with Gasteiger partial charge in [0, 0.05) is 18.8 Å². The predicted octanol–water partition coefficient (Wildman–Crippen LogP) is 3.74. The lowest BCUT2D eigenvalue weighted by molar-refractivity contribution is 0.0922. The van der Waals surface area contributed by atoms with Gasteiger partial charge in [0.1, 0.15) is 0 Å². The lowest BCUT2D eigenvalue weighted by Gasteiger charge is -2.28. The van der Waals surface area contributed by atoms with Crippen LogP contribution in [-0.2, 0) is 0 Å². The van der Waals surface area contributed by atoms with E-state index in [2.05, 4.69) is 17.6 Å². The van der Waals surface area contributed by atoms with Crippen LogP contribution in [0.5, 0.6) is 0 Å². The van der Waals surface area contributed by atoms with E-state index >= 15 is 0 Å². The molecule has 0 heterocycles. The molecule has 3 nitrogen and oxygen atoms in total. The highest BCUT2D eigenvalue weighted by molar-refractivity contribution is 5.99. The van der Waals surface area contributed by atoms with Crippen LogP contribution in [0.25, 0.3) is 0 Å². The second-order valence-corrected chi connectivity index (χ2v) is 5.90. The Kier molecular flexibility index (Phi) is 5.05. The summed E-state index contributed by atoms with van der Waals surface area (Å²) in [4.78, 5) is 12.4. The van der Waals surface area contributed by atoms with Crippen LogP contribution in [-0.4, -0.2) is 19.0 Å². The van der Waals surface area contributed by atoms with Gasteiger partial charge in [-0.15, -0.1) is 0 Å². The Morgan fingerprint density at radius 3 is 2.55 bits per heavy atom. The van der Waals surface area contributed by atoms with Crippen molar-refractivity contribution in [2.75, 3.05) is 12.4 Å². The Bertz CT molecular complexity index is 462. The van der Waals surface area contributed by atoms with Crippen LogP contribution in [0.3, 0.4) is 0 Å². The molecule has 20 heavy (non-hydrogen) atoms. The molecule has 0 aromatic heterocycles. The van der Waals surface area contributed by atoms with Gasteiger partial charge in [0.2, 0.25) is 0 Å². The molecule has 0 aliphatic heterocycles. The van der Waals surface area contributed by atoms with Crippen LogP contribution in [0.4, 0.5) is 5.69 Å². The summed E-state index contributed by atoms with van der Waals surface area (Å²) in [6.07, 6.45) is 5.99. The van der Waals surface area contributed by atoms with Crippen LogP contribution in [0.15, 0.2) is 18.2 Å². The van der Waals surface area contributed by atoms with Gasteiger partial charge in [-0.2, -0.15) is 0 Å². The summed E-state index contributed by atoms with van der Waals surface area (Å²) >= 11 is 0. The number of rotatable bonds is 4. The number of benzene rings is 1. The summed E-state index contributed by atoms with van der Waals surface area (Å²) in [6, 6.07) is 6.26. The van der Waals surface area contributed by atoms with Gasteiger partial charge in [0.15, 0.2) is 0 Å². The molecular weight excluding hydrogens is 248 g/mol. The van der Waals surface area contributed by atoms with Crippen LogP contribution >= 0.6 is 0 Å². The molecule has 0 atom stereocenters. The standard InChI is InChI=1S/C17H26N2O/c1-4-13-6-8-14(9-7-13)19-17(20)15-10-5-12(2)11-16(15)18-3/h5,10-11,13-14,18H,4,6-9H2,1-3H3,(H,19,20). The summed E-state index contributed by atoms with van der Waals surface area (Å²) in [5.41, 5.74) is 2.81. The molecule has 110 valence electrons. The molecule has 1 fully saturated rings. The Labute approximate surface area is 122 Å². The van der Waals surface area contributed by atoms with E-state index in [0.717, 1.165) is 35.6 Å². The number of hydrogen-bond donors (Lipinski definition) is 2. The molecule has 0 unspecified atom stereocenters. The first-order valence-corrected chi connectivity index (χ1v) is 7.73. The Morgan fingerprint density at radius 1 is 1.25 bits per heavy atom. The molecule has 2 rings (SSSR count). The summed E-state index contributed by atoms with van der Waals surface area (Å²) in [6.45, 7) is 4.30. The lowest BCUT2D eigenvalue weighted by Crippen LogP contribution is -2.37. The average Bonchev–Trinajstić information content (AvgIpc) is 2.47. The van der Waals surface area contributed by atoms with E-state index in [0.29, 0.717) is 6.04 Å². The molecule has 1 aromatic rings. The number of anilines is 1. The quantitative estimate of drug-likeness (QED) is 0.878. The summed E-state index contributed by atoms with van der Waals surface area (Å²) < 4.78 is 0. The molecular formula is C17H26N2O. The normalized spacial score (nSPS) is 22.4. The zero-order valence-electron chi connectivity index (χ0n) is 12.8. The first-order valence-electron chi connectivity index (χ1n) is 7.73. The third-order valence-corrected chi connectivity index (χ3v) is 4.45. The lowest BCUT2D eigenvalue weighted by atomic mass is 9.84. The third-order valence-electron chi connectivity index (χ3n) is 4.45. The van der Waals surface area contributed by atoms with E-state index in [1.54, 1.807) is 0 Å². The largest absolute Gasteiger partial charge is 0.387 e. The third kappa shape index (κ3) is 3.53. The van der Waals surface area contributed by atoms with Crippen molar-refractivity contribution in [3.8, 4) is 0 Å². The summed E-state index contributed by atoms with van der Waals surface area (Å²) in [5, 5.41) is 6.30. The van der Waals surface area contributed by atoms with E-state index < -0.39 is 0 Å². The zero-order valence-corrected chi connectivity index (χ0v) is 12.8. The minimum absolute atomic E-state index is 0.0503. The highest BCUT2D eigenvalue weighted by Crippen LogP contribution is 2.27. The number of carbonyl (C=O) groups excluding carboxylic acids is 1. The maximum atomic E-state index is 12.4. The van der Waals surface area contributed by atoms with E-state index in [9.17, 15) is 4.79 Å². The highest BCUT2D eigenvalue weighted by Gasteiger charge is 2.22. The second kappa shape index (κ2) is 6.78. The fraction of sp³-hybridized carbons (Fsp3) is 0.588. The van der Waals surface area contributed by atoms with Crippen molar-refractivity contribution in [1.29, 1.82) is 0 Å². The maximum absolute atomic E-state index is 12.4. The van der Waals surface area contributed by atoms with Crippen molar-refractivity contribution in [1.82, 2.24) is 5.32 Å². The second-order valence-electron chi connectivity index (χ2n) is 5.90. The van der Waals surface area contributed by atoms with Crippen molar-refractivity contribution in [2.24, 2.45) is 5.92 Å².